The van der Waals surface area contributed by atoms with Crippen LogP contribution in [-0.4, -0.2) is 50.1 Å². The van der Waals surface area contributed by atoms with Gasteiger partial charge in [-0.05, 0) is 47.5 Å². The number of nitrogens with zero attached hydrogens (tertiary/aromatic N) is 3. The van der Waals surface area contributed by atoms with Crippen LogP contribution in [0.4, 0.5) is 5.88 Å². The highest BCUT2D eigenvalue weighted by molar-refractivity contribution is 9.10. The summed E-state index contributed by atoms with van der Waals surface area (Å²) in [4.78, 5) is 35.2. The number of benzene rings is 2. The standard InChI is InChI=1S/C32H30BrN3O6S/c1-3-40-22-12-10-21(11-13-22)28-26(31(38)41-4-2)27(20-8-6-5-7-9-20)34-32-36(28)29(37)25(43-32)19-23-18-24(33)30(42-23)35-14-16-39-17-15-35/h5-13,18-19,28H,3-4,14-17H2,1-2H3/b25-19+/t28-/m0/s1. The van der Waals surface area contributed by atoms with Crippen LogP contribution in [0.25, 0.3) is 11.8 Å². The number of ether oxygens (including phenoxy) is 3. The first-order chi connectivity index (χ1) is 21.0. The number of carbonyl (C=O) groups excluding carboxylic acids is 1. The lowest BCUT2D eigenvalue weighted by atomic mass is 9.93. The smallest absolute Gasteiger partial charge is 0.338 e. The number of rotatable bonds is 8. The Morgan fingerprint density at radius 2 is 1.84 bits per heavy atom. The summed E-state index contributed by atoms with van der Waals surface area (Å²) in [6.45, 7) is 7.07. The van der Waals surface area contributed by atoms with Crippen molar-refractivity contribution >= 4 is 50.9 Å². The van der Waals surface area contributed by atoms with Gasteiger partial charge in [-0.25, -0.2) is 9.79 Å². The van der Waals surface area contributed by atoms with Crippen molar-refractivity contribution in [2.45, 2.75) is 19.9 Å². The van der Waals surface area contributed by atoms with Crippen LogP contribution in [0.5, 0.6) is 5.75 Å². The number of halogens is 1. The van der Waals surface area contributed by atoms with Gasteiger partial charge in [0.05, 0.1) is 52.7 Å². The Bertz CT molecular complexity index is 1840. The first-order valence-electron chi connectivity index (χ1n) is 14.1. The molecule has 0 amide bonds. The fourth-order valence-corrected chi connectivity index (χ4v) is 6.77. The molecule has 0 N–H and O–H groups in total. The Morgan fingerprint density at radius 3 is 2.53 bits per heavy atom. The summed E-state index contributed by atoms with van der Waals surface area (Å²) in [5.41, 5.74) is 1.98. The van der Waals surface area contributed by atoms with Crippen molar-refractivity contribution in [1.82, 2.24) is 4.57 Å². The van der Waals surface area contributed by atoms with E-state index in [1.54, 1.807) is 17.6 Å². The molecule has 1 saturated heterocycles. The summed E-state index contributed by atoms with van der Waals surface area (Å²) >= 11 is 4.86. The van der Waals surface area contributed by atoms with Crippen molar-refractivity contribution in [3.63, 3.8) is 0 Å². The van der Waals surface area contributed by atoms with Gasteiger partial charge in [0.15, 0.2) is 4.80 Å². The fraction of sp³-hybridized carbons (Fsp3) is 0.281. The summed E-state index contributed by atoms with van der Waals surface area (Å²) < 4.78 is 25.6. The van der Waals surface area contributed by atoms with E-state index in [-0.39, 0.29) is 12.2 Å². The second-order valence-electron chi connectivity index (χ2n) is 9.83. The lowest BCUT2D eigenvalue weighted by Crippen LogP contribution is -2.40. The fourth-order valence-electron chi connectivity index (χ4n) is 5.23. The van der Waals surface area contributed by atoms with E-state index >= 15 is 0 Å². The van der Waals surface area contributed by atoms with E-state index < -0.39 is 12.0 Å². The third-order valence-electron chi connectivity index (χ3n) is 7.14. The van der Waals surface area contributed by atoms with Crippen molar-refractivity contribution < 1.29 is 23.4 Å². The van der Waals surface area contributed by atoms with Gasteiger partial charge in [0, 0.05) is 30.8 Å². The normalized spacial score (nSPS) is 17.0. The second-order valence-corrected chi connectivity index (χ2v) is 11.7. The highest BCUT2D eigenvalue weighted by Crippen LogP contribution is 2.36. The van der Waals surface area contributed by atoms with Crippen molar-refractivity contribution in [2.24, 2.45) is 4.99 Å². The van der Waals surface area contributed by atoms with Crippen LogP contribution in [0.1, 0.15) is 36.8 Å². The second kappa shape index (κ2) is 12.7. The first kappa shape index (κ1) is 29.2. The molecule has 2 aromatic heterocycles. The monoisotopic (exact) mass is 663 g/mol. The van der Waals surface area contributed by atoms with Gasteiger partial charge in [0.1, 0.15) is 11.5 Å². The molecule has 0 bridgehead atoms. The predicted octanol–water partition coefficient (Wildman–Crippen LogP) is 4.53. The van der Waals surface area contributed by atoms with Crippen LogP contribution in [0.2, 0.25) is 0 Å². The summed E-state index contributed by atoms with van der Waals surface area (Å²) in [6, 6.07) is 18.0. The highest BCUT2D eigenvalue weighted by Gasteiger charge is 2.35. The lowest BCUT2D eigenvalue weighted by molar-refractivity contribution is -0.138. The van der Waals surface area contributed by atoms with Crippen LogP contribution in [-0.2, 0) is 14.3 Å². The van der Waals surface area contributed by atoms with E-state index in [0.717, 1.165) is 15.6 Å². The van der Waals surface area contributed by atoms with E-state index in [9.17, 15) is 9.59 Å². The van der Waals surface area contributed by atoms with Crippen LogP contribution < -0.4 is 24.5 Å². The molecular weight excluding hydrogens is 634 g/mol. The van der Waals surface area contributed by atoms with E-state index in [2.05, 4.69) is 20.8 Å². The molecular formula is C32H30BrN3O6S. The zero-order valence-corrected chi connectivity index (χ0v) is 26.2. The molecule has 0 aliphatic carbocycles. The first-order valence-corrected chi connectivity index (χ1v) is 15.7. The number of anilines is 1. The van der Waals surface area contributed by atoms with Gasteiger partial charge in [-0.15, -0.1) is 0 Å². The number of thiazole rings is 1. The van der Waals surface area contributed by atoms with Crippen molar-refractivity contribution in [2.75, 3.05) is 44.4 Å². The van der Waals surface area contributed by atoms with Gasteiger partial charge in [-0.1, -0.05) is 53.8 Å². The average Bonchev–Trinajstić information content (AvgIpc) is 3.56. The maximum atomic E-state index is 14.1. The number of furan rings is 1. The molecule has 43 heavy (non-hydrogen) atoms. The summed E-state index contributed by atoms with van der Waals surface area (Å²) in [5, 5.41) is 0. The highest BCUT2D eigenvalue weighted by atomic mass is 79.9. The molecule has 6 rings (SSSR count). The average molecular weight is 665 g/mol. The Morgan fingerprint density at radius 1 is 1.09 bits per heavy atom. The minimum absolute atomic E-state index is 0.184. The lowest BCUT2D eigenvalue weighted by Gasteiger charge is -2.26. The number of morpholine rings is 1. The quantitative estimate of drug-likeness (QED) is 0.256. The van der Waals surface area contributed by atoms with E-state index in [1.165, 1.54) is 11.3 Å². The van der Waals surface area contributed by atoms with E-state index in [4.69, 9.17) is 23.6 Å². The third kappa shape index (κ3) is 5.84. The molecule has 1 atom stereocenters. The molecule has 0 saturated carbocycles. The zero-order chi connectivity index (χ0) is 29.9. The summed E-state index contributed by atoms with van der Waals surface area (Å²) in [5.74, 6) is 1.40. The van der Waals surface area contributed by atoms with E-state index in [1.807, 2.05) is 67.6 Å². The minimum Gasteiger partial charge on any atom is -0.494 e. The number of fused-ring (bicyclic) bond motifs is 1. The molecule has 2 aromatic carbocycles. The Labute approximate surface area is 260 Å². The molecule has 11 heteroatoms. The molecule has 4 aromatic rings. The van der Waals surface area contributed by atoms with Crippen LogP contribution in [0, 0.1) is 0 Å². The molecule has 4 heterocycles. The summed E-state index contributed by atoms with van der Waals surface area (Å²) in [7, 11) is 0. The SMILES string of the molecule is CCOC(=O)C1=C(c2ccccc2)N=c2s/c(=C/c3cc(Br)c(N4CCOCC4)o3)c(=O)n2[C@H]1c1ccc(OCC)cc1. The minimum atomic E-state index is -0.768. The molecule has 0 radical (unpaired) electrons. The van der Waals surface area contributed by atoms with Crippen molar-refractivity contribution in [3.05, 3.63) is 107 Å². The number of hydrogen-bond donors (Lipinski definition) is 0. The molecule has 1 fully saturated rings. The van der Waals surface area contributed by atoms with Gasteiger partial charge in [-0.2, -0.15) is 0 Å². The van der Waals surface area contributed by atoms with Crippen molar-refractivity contribution in [1.29, 1.82) is 0 Å². The number of hydrogen-bond acceptors (Lipinski definition) is 9. The van der Waals surface area contributed by atoms with Gasteiger partial charge in [-0.3, -0.25) is 9.36 Å². The molecule has 2 aliphatic rings. The molecule has 9 nitrogen and oxygen atoms in total. The molecule has 222 valence electrons. The van der Waals surface area contributed by atoms with Gasteiger partial charge in [0.2, 0.25) is 5.88 Å². The Kier molecular flexibility index (Phi) is 8.64. The van der Waals surface area contributed by atoms with Crippen LogP contribution in [0.3, 0.4) is 0 Å². The maximum Gasteiger partial charge on any atom is 0.338 e. The van der Waals surface area contributed by atoms with E-state index in [0.29, 0.717) is 70.9 Å². The van der Waals surface area contributed by atoms with Crippen LogP contribution in [0.15, 0.2) is 84.9 Å². The van der Waals surface area contributed by atoms with Gasteiger partial charge < -0.3 is 23.5 Å². The predicted molar refractivity (Wildman–Crippen MR) is 168 cm³/mol. The van der Waals surface area contributed by atoms with Crippen molar-refractivity contribution in [3.8, 4) is 5.75 Å². The zero-order valence-electron chi connectivity index (χ0n) is 23.7. The number of aromatic nitrogens is 1. The van der Waals surface area contributed by atoms with Gasteiger partial charge in [0.25, 0.3) is 5.56 Å². The van der Waals surface area contributed by atoms with Crippen LogP contribution >= 0.6 is 27.3 Å². The Balaban J connectivity index is 1.54. The third-order valence-corrected chi connectivity index (χ3v) is 8.69. The molecule has 0 spiro atoms. The van der Waals surface area contributed by atoms with Gasteiger partial charge >= 0.3 is 5.97 Å². The largest absolute Gasteiger partial charge is 0.494 e. The number of esters is 1. The Hall–Kier alpha value is -3.93. The molecule has 2 aliphatic heterocycles. The topological polar surface area (TPSA) is 95.5 Å². The number of carbonyl (C=O) groups is 1. The maximum absolute atomic E-state index is 14.1. The summed E-state index contributed by atoms with van der Waals surface area (Å²) in [6.07, 6.45) is 1.73. The molecule has 0 unspecified atom stereocenters.